The molecule has 1 fully saturated rings. The zero-order chi connectivity index (χ0) is 27.5. The predicted molar refractivity (Wildman–Crippen MR) is 161 cm³/mol. The molecule has 1 aliphatic carbocycles. The Morgan fingerprint density at radius 2 is 1.55 bits per heavy atom. The highest BCUT2D eigenvalue weighted by atomic mass is 32.2. The molecular weight excluding hydrogens is 516 g/mol. The predicted octanol–water partition coefficient (Wildman–Crippen LogP) is 6.39. The molecule has 0 amide bonds. The van der Waals surface area contributed by atoms with Crippen LogP contribution in [0.15, 0.2) is 103 Å². The Morgan fingerprint density at radius 3 is 2.35 bits per heavy atom. The van der Waals surface area contributed by atoms with Crippen molar-refractivity contribution in [3.8, 4) is 11.1 Å². The molecule has 0 atom stereocenters. The van der Waals surface area contributed by atoms with E-state index in [0.717, 1.165) is 45.5 Å². The summed E-state index contributed by atoms with van der Waals surface area (Å²) < 4.78 is 28.1. The molecule has 0 saturated heterocycles. The van der Waals surface area contributed by atoms with Gasteiger partial charge in [0.15, 0.2) is 0 Å². The summed E-state index contributed by atoms with van der Waals surface area (Å²) in [6.07, 6.45) is 3.99. The van der Waals surface area contributed by atoms with Gasteiger partial charge in [-0.05, 0) is 65.8 Å². The highest BCUT2D eigenvalue weighted by Crippen LogP contribution is 2.36. The minimum atomic E-state index is -3.46. The normalized spacial score (nSPS) is 13.4. The molecule has 0 aliphatic heterocycles. The summed E-state index contributed by atoms with van der Waals surface area (Å²) in [5.41, 5.74) is 7.17. The topological polar surface area (TPSA) is 75.2 Å². The minimum Gasteiger partial charge on any atom is -0.349 e. The average molecular weight is 549 g/mol. The van der Waals surface area contributed by atoms with Crippen molar-refractivity contribution in [1.82, 2.24) is 14.7 Å². The molecule has 0 bridgehead atoms. The van der Waals surface area contributed by atoms with Gasteiger partial charge in [0.2, 0.25) is 10.0 Å². The summed E-state index contributed by atoms with van der Waals surface area (Å²) in [7, 11) is -3.46. The third-order valence-corrected chi connectivity index (χ3v) is 8.56. The van der Waals surface area contributed by atoms with Crippen molar-refractivity contribution in [2.24, 2.45) is 0 Å². The van der Waals surface area contributed by atoms with Crippen LogP contribution in [-0.4, -0.2) is 24.4 Å². The van der Waals surface area contributed by atoms with E-state index < -0.39 is 10.0 Å². The molecule has 1 aliphatic rings. The molecule has 6 rings (SSSR count). The minimum absolute atomic E-state index is 0.0406. The molecule has 7 heteroatoms. The van der Waals surface area contributed by atoms with Crippen LogP contribution in [0.5, 0.6) is 0 Å². The van der Waals surface area contributed by atoms with Crippen LogP contribution in [0.2, 0.25) is 0 Å². The fraction of sp³-hybridized carbons (Fsp3) is 0.212. The van der Waals surface area contributed by atoms with Gasteiger partial charge in [0.05, 0.1) is 11.3 Å². The molecule has 1 heterocycles. The summed E-state index contributed by atoms with van der Waals surface area (Å²) in [4.78, 5) is 11.7. The molecule has 4 aromatic carbocycles. The maximum atomic E-state index is 12.7. The van der Waals surface area contributed by atoms with Gasteiger partial charge in [-0.25, -0.2) is 23.1 Å². The quantitative estimate of drug-likeness (QED) is 0.219. The Kier molecular flexibility index (Phi) is 7.32. The van der Waals surface area contributed by atoms with Gasteiger partial charge in [0, 0.05) is 24.5 Å². The molecule has 1 N–H and O–H groups in total. The number of aromatic nitrogens is 2. The number of benzene rings is 4. The summed E-state index contributed by atoms with van der Waals surface area (Å²) in [5, 5.41) is 1.02. The molecule has 0 spiro atoms. The van der Waals surface area contributed by atoms with E-state index in [1.165, 1.54) is 24.0 Å². The Labute approximate surface area is 235 Å². The van der Waals surface area contributed by atoms with Gasteiger partial charge in [-0.3, -0.25) is 0 Å². The van der Waals surface area contributed by atoms with Crippen LogP contribution in [0.1, 0.15) is 35.1 Å². The number of rotatable bonds is 10. The standard InChI is InChI=1S/C33H32N4O2S/c1-24-7-5-11-27(17-24)21-37(30-14-15-30)33-31-19-29(13-16-32(31)34-23-35-33)28-12-6-10-26(18-28)20-36-40(38,39)22-25-8-3-2-4-9-25/h2-13,16-19,23,30,36H,14-15,20-22H2,1H3. The lowest BCUT2D eigenvalue weighted by molar-refractivity contribution is 0.580. The second-order valence-electron chi connectivity index (χ2n) is 10.5. The number of aryl methyl sites for hydroxylation is 1. The largest absolute Gasteiger partial charge is 0.349 e. The molecule has 6 nitrogen and oxygen atoms in total. The lowest BCUT2D eigenvalue weighted by atomic mass is 10.0. The summed E-state index contributed by atoms with van der Waals surface area (Å²) in [6, 6.07) is 32.6. The second kappa shape index (κ2) is 11.2. The smallest absolute Gasteiger partial charge is 0.216 e. The van der Waals surface area contributed by atoms with Gasteiger partial charge in [0.25, 0.3) is 0 Å². The Balaban J connectivity index is 1.26. The first-order valence-corrected chi connectivity index (χ1v) is 15.3. The van der Waals surface area contributed by atoms with E-state index in [1.807, 2.05) is 54.6 Å². The molecular formula is C33H32N4O2S. The highest BCUT2D eigenvalue weighted by Gasteiger charge is 2.31. The molecule has 1 saturated carbocycles. The summed E-state index contributed by atoms with van der Waals surface area (Å²) >= 11 is 0. The van der Waals surface area contributed by atoms with Gasteiger partial charge < -0.3 is 4.90 Å². The van der Waals surface area contributed by atoms with Gasteiger partial charge in [0.1, 0.15) is 12.1 Å². The van der Waals surface area contributed by atoms with E-state index in [1.54, 1.807) is 6.33 Å². The van der Waals surface area contributed by atoms with Crippen LogP contribution in [0, 0.1) is 6.92 Å². The molecule has 5 aromatic rings. The number of anilines is 1. The van der Waals surface area contributed by atoms with E-state index in [9.17, 15) is 8.42 Å². The van der Waals surface area contributed by atoms with E-state index in [-0.39, 0.29) is 12.3 Å². The lowest BCUT2D eigenvalue weighted by Gasteiger charge is -2.25. The molecule has 0 unspecified atom stereocenters. The summed E-state index contributed by atoms with van der Waals surface area (Å²) in [6.45, 7) is 3.16. The number of nitrogens with zero attached hydrogens (tertiary/aromatic N) is 3. The summed E-state index contributed by atoms with van der Waals surface area (Å²) in [5.74, 6) is 0.918. The highest BCUT2D eigenvalue weighted by molar-refractivity contribution is 7.88. The number of hydrogen-bond donors (Lipinski definition) is 1. The van der Waals surface area contributed by atoms with Crippen LogP contribution in [0.25, 0.3) is 22.0 Å². The van der Waals surface area contributed by atoms with Gasteiger partial charge in [-0.1, -0.05) is 84.4 Å². The first kappa shape index (κ1) is 26.2. The fourth-order valence-electron chi connectivity index (χ4n) is 5.12. The van der Waals surface area contributed by atoms with E-state index >= 15 is 0 Å². The number of fused-ring (bicyclic) bond motifs is 1. The molecule has 0 radical (unpaired) electrons. The second-order valence-corrected chi connectivity index (χ2v) is 12.4. The van der Waals surface area contributed by atoms with Crippen molar-refractivity contribution >= 4 is 26.7 Å². The van der Waals surface area contributed by atoms with Crippen LogP contribution in [0.3, 0.4) is 0 Å². The molecule has 40 heavy (non-hydrogen) atoms. The van der Waals surface area contributed by atoms with Crippen LogP contribution in [-0.2, 0) is 28.9 Å². The first-order valence-electron chi connectivity index (χ1n) is 13.6. The number of hydrogen-bond acceptors (Lipinski definition) is 5. The van der Waals surface area contributed by atoms with Crippen LogP contribution >= 0.6 is 0 Å². The maximum Gasteiger partial charge on any atom is 0.216 e. The monoisotopic (exact) mass is 548 g/mol. The maximum absolute atomic E-state index is 12.7. The number of sulfonamides is 1. The van der Waals surface area contributed by atoms with Gasteiger partial charge in [-0.2, -0.15) is 0 Å². The zero-order valence-electron chi connectivity index (χ0n) is 22.5. The third kappa shape index (κ3) is 6.22. The van der Waals surface area contributed by atoms with Gasteiger partial charge >= 0.3 is 0 Å². The van der Waals surface area contributed by atoms with E-state index in [4.69, 9.17) is 4.98 Å². The van der Waals surface area contributed by atoms with E-state index in [2.05, 4.69) is 64.0 Å². The number of nitrogens with one attached hydrogen (secondary N) is 1. The van der Waals surface area contributed by atoms with Crippen molar-refractivity contribution in [1.29, 1.82) is 0 Å². The Bertz CT molecular complexity index is 1750. The van der Waals surface area contributed by atoms with Crippen molar-refractivity contribution in [3.63, 3.8) is 0 Å². The van der Waals surface area contributed by atoms with Crippen molar-refractivity contribution in [3.05, 3.63) is 126 Å². The third-order valence-electron chi connectivity index (χ3n) is 7.27. The Morgan fingerprint density at radius 1 is 0.800 bits per heavy atom. The van der Waals surface area contributed by atoms with Crippen LogP contribution in [0.4, 0.5) is 5.82 Å². The lowest BCUT2D eigenvalue weighted by Crippen LogP contribution is -2.26. The fourth-order valence-corrected chi connectivity index (χ4v) is 6.24. The Hall–Kier alpha value is -4.07. The van der Waals surface area contributed by atoms with E-state index in [0.29, 0.717) is 6.04 Å². The average Bonchev–Trinajstić information content (AvgIpc) is 3.81. The molecule has 202 valence electrons. The van der Waals surface area contributed by atoms with Crippen molar-refractivity contribution < 1.29 is 8.42 Å². The van der Waals surface area contributed by atoms with Crippen LogP contribution < -0.4 is 9.62 Å². The van der Waals surface area contributed by atoms with Gasteiger partial charge in [-0.15, -0.1) is 0 Å². The molecule has 1 aromatic heterocycles. The first-order chi connectivity index (χ1) is 19.4. The zero-order valence-corrected chi connectivity index (χ0v) is 23.3. The van der Waals surface area contributed by atoms with Crippen molar-refractivity contribution in [2.45, 2.75) is 44.6 Å². The van der Waals surface area contributed by atoms with Crippen molar-refractivity contribution in [2.75, 3.05) is 4.90 Å². The SMILES string of the molecule is Cc1cccc(CN(c2ncnc3ccc(-c4cccc(CNS(=O)(=O)Cc5ccccc5)c4)cc23)C2CC2)c1.